The number of ether oxygens (including phenoxy) is 1. The fourth-order valence-corrected chi connectivity index (χ4v) is 2.66. The Labute approximate surface area is 114 Å². The van der Waals surface area contributed by atoms with Gasteiger partial charge in [0.15, 0.2) is 0 Å². The van der Waals surface area contributed by atoms with Crippen LogP contribution in [0.5, 0.6) is 0 Å². The molecule has 0 aromatic rings. The maximum atomic E-state index is 10.8. The molecule has 0 aromatic carbocycles. The van der Waals surface area contributed by atoms with Gasteiger partial charge in [-0.25, -0.2) is 4.79 Å². The number of piperazine rings is 1. The van der Waals surface area contributed by atoms with E-state index in [1.807, 2.05) is 0 Å². The van der Waals surface area contributed by atoms with Crippen molar-refractivity contribution in [3.8, 4) is 0 Å². The molecule has 2 saturated heterocycles. The molecule has 0 saturated carbocycles. The van der Waals surface area contributed by atoms with E-state index in [9.17, 15) is 4.79 Å². The molecule has 2 N–H and O–H groups in total. The van der Waals surface area contributed by atoms with Crippen molar-refractivity contribution in [3.63, 3.8) is 0 Å². The van der Waals surface area contributed by atoms with Gasteiger partial charge in [-0.3, -0.25) is 4.90 Å². The Balaban J connectivity index is 1.51. The summed E-state index contributed by atoms with van der Waals surface area (Å²) in [7, 11) is 0. The second-order valence-corrected chi connectivity index (χ2v) is 5.28. The van der Waals surface area contributed by atoms with Gasteiger partial charge in [-0.2, -0.15) is 0 Å². The van der Waals surface area contributed by atoms with Crippen molar-refractivity contribution in [3.05, 3.63) is 0 Å². The molecule has 6 nitrogen and oxygen atoms in total. The van der Waals surface area contributed by atoms with Crippen LogP contribution in [-0.4, -0.2) is 79.5 Å². The molecule has 0 aliphatic carbocycles. The summed E-state index contributed by atoms with van der Waals surface area (Å²) in [6.45, 7) is 6.93. The predicted molar refractivity (Wildman–Crippen MR) is 72.5 cm³/mol. The smallest absolute Gasteiger partial charge is 0.407 e. The third-order valence-corrected chi connectivity index (χ3v) is 3.90. The summed E-state index contributed by atoms with van der Waals surface area (Å²) in [6, 6.07) is 0. The molecule has 0 spiro atoms. The zero-order valence-electron chi connectivity index (χ0n) is 11.5. The Bertz CT molecular complexity index is 274. The van der Waals surface area contributed by atoms with Gasteiger partial charge in [0.2, 0.25) is 0 Å². The van der Waals surface area contributed by atoms with Crippen LogP contribution in [0.1, 0.15) is 19.3 Å². The molecular formula is C13H25N3O3. The van der Waals surface area contributed by atoms with Crippen LogP contribution in [0.2, 0.25) is 0 Å². The van der Waals surface area contributed by atoms with Gasteiger partial charge in [0, 0.05) is 39.3 Å². The van der Waals surface area contributed by atoms with Crippen molar-refractivity contribution < 1.29 is 14.6 Å². The Morgan fingerprint density at radius 1 is 1.21 bits per heavy atom. The van der Waals surface area contributed by atoms with Gasteiger partial charge in [-0.15, -0.1) is 0 Å². The van der Waals surface area contributed by atoms with Crippen LogP contribution in [0.15, 0.2) is 0 Å². The lowest BCUT2D eigenvalue weighted by atomic mass is 10.1. The van der Waals surface area contributed by atoms with Crippen molar-refractivity contribution in [2.45, 2.75) is 25.4 Å². The molecule has 110 valence electrons. The molecule has 2 rings (SSSR count). The Morgan fingerprint density at radius 3 is 2.53 bits per heavy atom. The first-order chi connectivity index (χ1) is 9.25. The number of carboxylic acid groups (broad SMARTS) is 1. The molecule has 2 aliphatic rings. The highest BCUT2D eigenvalue weighted by molar-refractivity contribution is 5.65. The van der Waals surface area contributed by atoms with Gasteiger partial charge in [0.05, 0.1) is 6.10 Å². The number of amides is 1. The third kappa shape index (κ3) is 4.97. The van der Waals surface area contributed by atoms with Crippen LogP contribution in [0.4, 0.5) is 4.79 Å². The number of hydrogen-bond acceptors (Lipinski definition) is 4. The maximum absolute atomic E-state index is 10.8. The van der Waals surface area contributed by atoms with E-state index in [0.29, 0.717) is 19.2 Å². The number of piperidine rings is 1. The standard InChI is InChI=1S/C13H25N3O3/c17-13(18)16-9-7-15(8-10-16)6-1-11-19-12-2-4-14-5-3-12/h12,14H,1-11H2,(H,17,18). The fraction of sp³-hybridized carbons (Fsp3) is 0.923. The average Bonchev–Trinajstić information content (AvgIpc) is 2.45. The van der Waals surface area contributed by atoms with Crippen LogP contribution >= 0.6 is 0 Å². The van der Waals surface area contributed by atoms with E-state index in [2.05, 4.69) is 10.2 Å². The van der Waals surface area contributed by atoms with Gasteiger partial charge in [0.25, 0.3) is 0 Å². The second-order valence-electron chi connectivity index (χ2n) is 5.28. The molecule has 0 aromatic heterocycles. The predicted octanol–water partition coefficient (Wildman–Crippen LogP) is 0.441. The quantitative estimate of drug-likeness (QED) is 0.710. The van der Waals surface area contributed by atoms with Crippen LogP contribution in [-0.2, 0) is 4.74 Å². The number of carbonyl (C=O) groups is 1. The van der Waals surface area contributed by atoms with E-state index in [1.165, 1.54) is 4.90 Å². The van der Waals surface area contributed by atoms with Gasteiger partial charge in [-0.1, -0.05) is 0 Å². The van der Waals surface area contributed by atoms with E-state index in [4.69, 9.17) is 9.84 Å². The Hall–Kier alpha value is -0.850. The zero-order chi connectivity index (χ0) is 13.5. The molecule has 1 amide bonds. The first kappa shape index (κ1) is 14.6. The Morgan fingerprint density at radius 2 is 1.89 bits per heavy atom. The van der Waals surface area contributed by atoms with Crippen molar-refractivity contribution in [2.24, 2.45) is 0 Å². The highest BCUT2D eigenvalue weighted by Gasteiger charge is 2.20. The van der Waals surface area contributed by atoms with E-state index >= 15 is 0 Å². The molecule has 0 atom stereocenters. The molecule has 19 heavy (non-hydrogen) atoms. The van der Waals surface area contributed by atoms with E-state index < -0.39 is 6.09 Å². The first-order valence-electron chi connectivity index (χ1n) is 7.28. The number of nitrogens with one attached hydrogen (secondary N) is 1. The summed E-state index contributed by atoms with van der Waals surface area (Å²) in [5.74, 6) is 0. The molecule has 0 unspecified atom stereocenters. The van der Waals surface area contributed by atoms with Gasteiger partial charge >= 0.3 is 6.09 Å². The van der Waals surface area contributed by atoms with Gasteiger partial charge in [0.1, 0.15) is 0 Å². The largest absolute Gasteiger partial charge is 0.465 e. The average molecular weight is 271 g/mol. The van der Waals surface area contributed by atoms with Crippen molar-refractivity contribution in [2.75, 3.05) is 52.4 Å². The maximum Gasteiger partial charge on any atom is 0.407 e. The van der Waals surface area contributed by atoms with Crippen molar-refractivity contribution >= 4 is 6.09 Å². The molecule has 6 heteroatoms. The van der Waals surface area contributed by atoms with Gasteiger partial charge < -0.3 is 20.1 Å². The summed E-state index contributed by atoms with van der Waals surface area (Å²) in [6.07, 6.45) is 2.92. The summed E-state index contributed by atoms with van der Waals surface area (Å²) >= 11 is 0. The lowest BCUT2D eigenvalue weighted by Crippen LogP contribution is -2.48. The molecule has 2 aliphatic heterocycles. The monoisotopic (exact) mass is 271 g/mol. The fourth-order valence-electron chi connectivity index (χ4n) is 2.66. The SMILES string of the molecule is O=C(O)N1CCN(CCCOC2CCNCC2)CC1. The minimum absolute atomic E-state index is 0.435. The minimum atomic E-state index is -0.797. The van der Waals surface area contributed by atoms with Crippen molar-refractivity contribution in [1.29, 1.82) is 0 Å². The summed E-state index contributed by atoms with van der Waals surface area (Å²) in [5.41, 5.74) is 0. The summed E-state index contributed by atoms with van der Waals surface area (Å²) in [4.78, 5) is 14.6. The van der Waals surface area contributed by atoms with E-state index in [-0.39, 0.29) is 0 Å². The molecular weight excluding hydrogens is 246 g/mol. The van der Waals surface area contributed by atoms with Gasteiger partial charge in [-0.05, 0) is 32.4 Å². The number of nitrogens with zero attached hydrogens (tertiary/aromatic N) is 2. The Kier molecular flexibility index (Phi) is 5.88. The number of hydrogen-bond donors (Lipinski definition) is 2. The van der Waals surface area contributed by atoms with Crippen molar-refractivity contribution in [1.82, 2.24) is 15.1 Å². The van der Waals surface area contributed by atoms with E-state index in [0.717, 1.165) is 58.6 Å². The normalized spacial score (nSPS) is 22.6. The second kappa shape index (κ2) is 7.67. The third-order valence-electron chi connectivity index (χ3n) is 3.90. The highest BCUT2D eigenvalue weighted by atomic mass is 16.5. The van der Waals surface area contributed by atoms with Crippen LogP contribution in [0.3, 0.4) is 0 Å². The minimum Gasteiger partial charge on any atom is -0.465 e. The summed E-state index contributed by atoms with van der Waals surface area (Å²) < 4.78 is 5.86. The molecule has 2 fully saturated rings. The van der Waals surface area contributed by atoms with E-state index in [1.54, 1.807) is 0 Å². The highest BCUT2D eigenvalue weighted by Crippen LogP contribution is 2.08. The van der Waals surface area contributed by atoms with Crippen LogP contribution in [0, 0.1) is 0 Å². The first-order valence-corrected chi connectivity index (χ1v) is 7.28. The zero-order valence-corrected chi connectivity index (χ0v) is 11.5. The van der Waals surface area contributed by atoms with Crippen LogP contribution < -0.4 is 5.32 Å². The number of rotatable bonds is 5. The molecule has 0 bridgehead atoms. The lowest BCUT2D eigenvalue weighted by Gasteiger charge is -2.33. The molecule has 0 radical (unpaired) electrons. The topological polar surface area (TPSA) is 65.0 Å². The summed E-state index contributed by atoms with van der Waals surface area (Å²) in [5, 5.41) is 12.2. The van der Waals surface area contributed by atoms with Crippen LogP contribution in [0.25, 0.3) is 0 Å². The lowest BCUT2D eigenvalue weighted by molar-refractivity contribution is 0.0253. The molecule has 2 heterocycles.